The maximum absolute atomic E-state index is 12.1. The number of carbonyl (C=O) groups excluding carboxylic acids is 2. The number of hydrogen-bond donors (Lipinski definition) is 1. The Labute approximate surface area is 150 Å². The molecule has 0 fully saturated rings. The number of ether oxygens (including phenoxy) is 1. The van der Waals surface area contributed by atoms with Crippen LogP contribution < -0.4 is 10.2 Å². The first-order valence-electron chi connectivity index (χ1n) is 7.78. The minimum atomic E-state index is -0.788. The molecule has 0 saturated heterocycles. The SMILES string of the molecule is Cc1c(C(=O)OCC(=O)Nc2ccc(N(C)C)cc2)cccc1[N+](=O)[O-]. The highest BCUT2D eigenvalue weighted by Crippen LogP contribution is 2.21. The topological polar surface area (TPSA) is 102 Å². The summed E-state index contributed by atoms with van der Waals surface area (Å²) >= 11 is 0. The van der Waals surface area contributed by atoms with Gasteiger partial charge in [0.15, 0.2) is 6.61 Å². The number of esters is 1. The van der Waals surface area contributed by atoms with E-state index < -0.39 is 23.4 Å². The summed E-state index contributed by atoms with van der Waals surface area (Å²) in [7, 11) is 3.81. The molecule has 2 aromatic rings. The number of rotatable bonds is 6. The van der Waals surface area contributed by atoms with E-state index in [1.54, 1.807) is 12.1 Å². The van der Waals surface area contributed by atoms with Gasteiger partial charge in [0, 0.05) is 37.1 Å². The summed E-state index contributed by atoms with van der Waals surface area (Å²) in [5.74, 6) is -1.29. The highest BCUT2D eigenvalue weighted by molar-refractivity contribution is 5.96. The van der Waals surface area contributed by atoms with E-state index in [2.05, 4.69) is 5.32 Å². The Morgan fingerprint density at radius 1 is 1.15 bits per heavy atom. The van der Waals surface area contributed by atoms with Gasteiger partial charge in [-0.25, -0.2) is 4.79 Å². The van der Waals surface area contributed by atoms with Crippen LogP contribution in [0.25, 0.3) is 0 Å². The maximum atomic E-state index is 12.1. The molecule has 2 rings (SSSR count). The van der Waals surface area contributed by atoms with Gasteiger partial charge < -0.3 is 15.0 Å². The molecule has 1 N–H and O–H groups in total. The Balaban J connectivity index is 1.96. The lowest BCUT2D eigenvalue weighted by atomic mass is 10.1. The van der Waals surface area contributed by atoms with Crippen molar-refractivity contribution < 1.29 is 19.2 Å². The summed E-state index contributed by atoms with van der Waals surface area (Å²) in [5, 5.41) is 13.5. The van der Waals surface area contributed by atoms with Crippen molar-refractivity contribution in [2.24, 2.45) is 0 Å². The summed E-state index contributed by atoms with van der Waals surface area (Å²) < 4.78 is 4.96. The standard InChI is InChI=1S/C18H19N3O5/c1-12-15(5-4-6-16(12)21(24)25)18(23)26-11-17(22)19-13-7-9-14(10-8-13)20(2)3/h4-10H,11H2,1-3H3,(H,19,22). The van der Waals surface area contributed by atoms with E-state index in [0.29, 0.717) is 5.69 Å². The van der Waals surface area contributed by atoms with E-state index in [1.807, 2.05) is 31.1 Å². The van der Waals surface area contributed by atoms with Gasteiger partial charge in [-0.15, -0.1) is 0 Å². The van der Waals surface area contributed by atoms with Gasteiger partial charge in [-0.05, 0) is 37.3 Å². The fourth-order valence-electron chi connectivity index (χ4n) is 2.29. The Hall–Kier alpha value is -3.42. The Bertz CT molecular complexity index is 831. The first kappa shape index (κ1) is 18.9. The van der Waals surface area contributed by atoms with Crippen LogP contribution in [-0.4, -0.2) is 37.5 Å². The molecule has 0 spiro atoms. The van der Waals surface area contributed by atoms with Crippen molar-refractivity contribution in [3.63, 3.8) is 0 Å². The fraction of sp³-hybridized carbons (Fsp3) is 0.222. The molecule has 136 valence electrons. The van der Waals surface area contributed by atoms with E-state index in [0.717, 1.165) is 5.69 Å². The third kappa shape index (κ3) is 4.56. The summed E-state index contributed by atoms with van der Waals surface area (Å²) in [6.45, 7) is 0.970. The van der Waals surface area contributed by atoms with E-state index in [-0.39, 0.29) is 16.8 Å². The number of amides is 1. The second kappa shape index (κ2) is 8.11. The molecule has 0 bridgehead atoms. The zero-order valence-corrected chi connectivity index (χ0v) is 14.7. The van der Waals surface area contributed by atoms with Crippen LogP contribution in [-0.2, 0) is 9.53 Å². The Morgan fingerprint density at radius 2 is 1.81 bits per heavy atom. The van der Waals surface area contributed by atoms with E-state index in [1.165, 1.54) is 25.1 Å². The molecule has 2 aromatic carbocycles. The predicted molar refractivity (Wildman–Crippen MR) is 97.5 cm³/mol. The lowest BCUT2D eigenvalue weighted by Gasteiger charge is -2.13. The molecule has 8 nitrogen and oxygen atoms in total. The number of nitrogens with zero attached hydrogens (tertiary/aromatic N) is 2. The zero-order chi connectivity index (χ0) is 19.3. The molecule has 0 aliphatic heterocycles. The number of hydrogen-bond acceptors (Lipinski definition) is 6. The normalized spacial score (nSPS) is 10.1. The first-order valence-corrected chi connectivity index (χ1v) is 7.78. The van der Waals surface area contributed by atoms with Gasteiger partial charge in [-0.3, -0.25) is 14.9 Å². The van der Waals surface area contributed by atoms with Crippen LogP contribution in [0.4, 0.5) is 17.1 Å². The number of anilines is 2. The molecule has 1 amide bonds. The van der Waals surface area contributed by atoms with Gasteiger partial charge in [0.05, 0.1) is 10.5 Å². The van der Waals surface area contributed by atoms with E-state index in [4.69, 9.17) is 4.74 Å². The van der Waals surface area contributed by atoms with Gasteiger partial charge in [-0.2, -0.15) is 0 Å². The van der Waals surface area contributed by atoms with Gasteiger partial charge in [0.2, 0.25) is 0 Å². The molecule has 0 radical (unpaired) electrons. The lowest BCUT2D eigenvalue weighted by molar-refractivity contribution is -0.385. The van der Waals surface area contributed by atoms with Crippen LogP contribution in [0.15, 0.2) is 42.5 Å². The molecule has 0 aliphatic rings. The molecule has 0 atom stereocenters. The second-order valence-electron chi connectivity index (χ2n) is 5.77. The van der Waals surface area contributed by atoms with Crippen LogP contribution >= 0.6 is 0 Å². The van der Waals surface area contributed by atoms with Crippen LogP contribution in [0.5, 0.6) is 0 Å². The molecule has 0 saturated carbocycles. The number of carbonyl (C=O) groups is 2. The monoisotopic (exact) mass is 357 g/mol. The molecular weight excluding hydrogens is 338 g/mol. The average molecular weight is 357 g/mol. The van der Waals surface area contributed by atoms with Crippen LogP contribution in [0, 0.1) is 17.0 Å². The van der Waals surface area contributed by atoms with Crippen molar-refractivity contribution in [3.05, 3.63) is 63.7 Å². The van der Waals surface area contributed by atoms with Crippen molar-refractivity contribution in [3.8, 4) is 0 Å². The minimum Gasteiger partial charge on any atom is -0.452 e. The van der Waals surface area contributed by atoms with Gasteiger partial charge >= 0.3 is 5.97 Å². The number of benzene rings is 2. The molecule has 0 aromatic heterocycles. The smallest absolute Gasteiger partial charge is 0.339 e. The molecule has 8 heteroatoms. The van der Waals surface area contributed by atoms with E-state index >= 15 is 0 Å². The van der Waals surface area contributed by atoms with E-state index in [9.17, 15) is 19.7 Å². The summed E-state index contributed by atoms with van der Waals surface area (Å²) in [4.78, 5) is 36.3. The third-order valence-electron chi connectivity index (χ3n) is 3.72. The predicted octanol–water partition coefficient (Wildman–Crippen LogP) is 2.76. The Kier molecular flexibility index (Phi) is 5.90. The second-order valence-corrected chi connectivity index (χ2v) is 5.77. The third-order valence-corrected chi connectivity index (χ3v) is 3.72. The molecule has 26 heavy (non-hydrogen) atoms. The van der Waals surface area contributed by atoms with Crippen molar-refractivity contribution in [1.82, 2.24) is 0 Å². The maximum Gasteiger partial charge on any atom is 0.339 e. The number of nitro groups is 1. The quantitative estimate of drug-likeness (QED) is 0.484. The lowest BCUT2D eigenvalue weighted by Crippen LogP contribution is -2.21. The summed E-state index contributed by atoms with van der Waals surface area (Å²) in [6, 6.07) is 11.3. The van der Waals surface area contributed by atoms with Crippen LogP contribution in [0.2, 0.25) is 0 Å². The van der Waals surface area contributed by atoms with Crippen molar-refractivity contribution in [2.45, 2.75) is 6.92 Å². The zero-order valence-electron chi connectivity index (χ0n) is 14.7. The highest BCUT2D eigenvalue weighted by atomic mass is 16.6. The fourth-order valence-corrected chi connectivity index (χ4v) is 2.29. The Morgan fingerprint density at radius 3 is 2.38 bits per heavy atom. The van der Waals surface area contributed by atoms with Gasteiger partial charge in [-0.1, -0.05) is 6.07 Å². The van der Waals surface area contributed by atoms with Crippen molar-refractivity contribution in [2.75, 3.05) is 30.9 Å². The molecule has 0 heterocycles. The molecule has 0 aliphatic carbocycles. The largest absolute Gasteiger partial charge is 0.452 e. The molecule has 0 unspecified atom stereocenters. The van der Waals surface area contributed by atoms with Gasteiger partial charge in [0.1, 0.15) is 0 Å². The van der Waals surface area contributed by atoms with Crippen LogP contribution in [0.3, 0.4) is 0 Å². The number of nitrogens with one attached hydrogen (secondary N) is 1. The highest BCUT2D eigenvalue weighted by Gasteiger charge is 2.19. The first-order chi connectivity index (χ1) is 12.3. The van der Waals surface area contributed by atoms with Crippen molar-refractivity contribution in [1.29, 1.82) is 0 Å². The minimum absolute atomic E-state index is 0.0577. The summed E-state index contributed by atoms with van der Waals surface area (Å²) in [6.07, 6.45) is 0. The van der Waals surface area contributed by atoms with Gasteiger partial charge in [0.25, 0.3) is 11.6 Å². The summed E-state index contributed by atoms with van der Waals surface area (Å²) in [5.41, 5.74) is 1.63. The van der Waals surface area contributed by atoms with Crippen molar-refractivity contribution >= 4 is 28.9 Å². The molecular formula is C18H19N3O5. The van der Waals surface area contributed by atoms with Crippen LogP contribution in [0.1, 0.15) is 15.9 Å². The number of nitro benzene ring substituents is 1. The average Bonchev–Trinajstić information content (AvgIpc) is 2.60.